The summed E-state index contributed by atoms with van der Waals surface area (Å²) in [7, 11) is 2.01. The topological polar surface area (TPSA) is 12.0 Å². The Morgan fingerprint density at radius 1 is 1.21 bits per heavy atom. The van der Waals surface area contributed by atoms with E-state index in [1.54, 1.807) is 11.3 Å². The van der Waals surface area contributed by atoms with Gasteiger partial charge in [-0.1, -0.05) is 37.8 Å². The summed E-state index contributed by atoms with van der Waals surface area (Å²) in [5, 5.41) is 3.34. The van der Waals surface area contributed by atoms with Gasteiger partial charge in [-0.2, -0.15) is 0 Å². The summed E-state index contributed by atoms with van der Waals surface area (Å²) in [6, 6.07) is 13.6. The number of hydrogen-bond acceptors (Lipinski definition) is 2. The maximum absolute atomic E-state index is 3.99. The molecule has 1 atom stereocenters. The highest BCUT2D eigenvalue weighted by molar-refractivity contribution is 7.16. The minimum atomic E-state index is 0.448. The molecule has 0 saturated heterocycles. The number of rotatable bonds is 5. The van der Waals surface area contributed by atoms with Crippen molar-refractivity contribution < 1.29 is 0 Å². The summed E-state index contributed by atoms with van der Waals surface area (Å²) < 4.78 is 0. The van der Waals surface area contributed by atoms with E-state index < -0.39 is 0 Å². The van der Waals surface area contributed by atoms with Crippen LogP contribution in [0.1, 0.15) is 36.8 Å². The summed E-state index contributed by atoms with van der Waals surface area (Å²) >= 11 is 1.80. The second kappa shape index (κ2) is 6.18. The minimum absolute atomic E-state index is 0.448. The highest BCUT2D eigenvalue weighted by atomic mass is 32.1. The molecule has 2 aromatic rings. The Kier molecular flexibility index (Phi) is 4.56. The number of allylic oxidation sites excluding steroid dienone is 1. The Balaban J connectivity index is 2.24. The van der Waals surface area contributed by atoms with Crippen LogP contribution in [0.5, 0.6) is 0 Å². The predicted octanol–water partition coefficient (Wildman–Crippen LogP) is 5.12. The fourth-order valence-corrected chi connectivity index (χ4v) is 3.15. The van der Waals surface area contributed by atoms with E-state index in [0.29, 0.717) is 6.04 Å². The lowest BCUT2D eigenvalue weighted by Crippen LogP contribution is -2.14. The first-order valence-corrected chi connectivity index (χ1v) is 7.50. The zero-order chi connectivity index (χ0) is 13.8. The number of thiophene rings is 1. The number of benzene rings is 1. The van der Waals surface area contributed by atoms with Crippen molar-refractivity contribution in [2.24, 2.45) is 0 Å². The molecule has 0 amide bonds. The van der Waals surface area contributed by atoms with Gasteiger partial charge in [0.2, 0.25) is 0 Å². The average Bonchev–Trinajstić information content (AvgIpc) is 2.91. The Labute approximate surface area is 120 Å². The van der Waals surface area contributed by atoms with Gasteiger partial charge in [0, 0.05) is 15.8 Å². The molecule has 100 valence electrons. The Hall–Kier alpha value is -1.38. The fourth-order valence-electron chi connectivity index (χ4n) is 2.21. The summed E-state index contributed by atoms with van der Waals surface area (Å²) in [6.45, 7) is 8.25. The second-order valence-corrected chi connectivity index (χ2v) is 5.90. The van der Waals surface area contributed by atoms with Gasteiger partial charge in [-0.15, -0.1) is 11.3 Å². The molecular weight excluding hydrogens is 250 g/mol. The lowest BCUT2D eigenvalue weighted by molar-refractivity contribution is 0.577. The van der Waals surface area contributed by atoms with Gasteiger partial charge in [-0.3, -0.25) is 0 Å². The van der Waals surface area contributed by atoms with Crippen LogP contribution in [0.25, 0.3) is 16.0 Å². The highest BCUT2D eigenvalue weighted by Gasteiger charge is 2.07. The molecule has 2 heteroatoms. The lowest BCUT2D eigenvalue weighted by atomic mass is 10.0. The first-order chi connectivity index (χ1) is 9.15. The summed E-state index contributed by atoms with van der Waals surface area (Å²) in [4.78, 5) is 2.57. The third kappa shape index (κ3) is 3.14. The van der Waals surface area contributed by atoms with Crippen LogP contribution in [0.3, 0.4) is 0 Å². The summed E-state index contributed by atoms with van der Waals surface area (Å²) in [6.07, 6.45) is 1.11. The van der Waals surface area contributed by atoms with Crippen molar-refractivity contribution in [3.05, 3.63) is 53.4 Å². The largest absolute Gasteiger partial charge is 0.313 e. The van der Waals surface area contributed by atoms with Gasteiger partial charge in [0.15, 0.2) is 0 Å². The standard InChI is InChI=1S/C17H21NS/c1-5-15(18-4)13-6-8-14(9-7-13)17-11-10-16(19-17)12(2)3/h6-11,15,18H,2,5H2,1,3-4H3. The van der Waals surface area contributed by atoms with Crippen LogP contribution in [0.2, 0.25) is 0 Å². The summed E-state index contributed by atoms with van der Waals surface area (Å²) in [5.41, 5.74) is 3.77. The van der Waals surface area contributed by atoms with Crippen molar-refractivity contribution in [3.63, 3.8) is 0 Å². The zero-order valence-corrected chi connectivity index (χ0v) is 12.7. The van der Waals surface area contributed by atoms with Crippen molar-refractivity contribution >= 4 is 16.9 Å². The van der Waals surface area contributed by atoms with Crippen LogP contribution in [0, 0.1) is 0 Å². The normalized spacial score (nSPS) is 12.4. The van der Waals surface area contributed by atoms with E-state index in [0.717, 1.165) is 12.0 Å². The summed E-state index contributed by atoms with van der Waals surface area (Å²) in [5.74, 6) is 0. The third-order valence-electron chi connectivity index (χ3n) is 3.38. The van der Waals surface area contributed by atoms with Gasteiger partial charge in [0.05, 0.1) is 0 Å². The van der Waals surface area contributed by atoms with E-state index >= 15 is 0 Å². The highest BCUT2D eigenvalue weighted by Crippen LogP contribution is 2.32. The molecule has 1 heterocycles. The van der Waals surface area contributed by atoms with Gasteiger partial charge < -0.3 is 5.32 Å². The molecule has 1 N–H and O–H groups in total. The third-order valence-corrected chi connectivity index (χ3v) is 4.68. The van der Waals surface area contributed by atoms with Gasteiger partial charge in [0.25, 0.3) is 0 Å². The Morgan fingerprint density at radius 3 is 2.37 bits per heavy atom. The van der Waals surface area contributed by atoms with Crippen molar-refractivity contribution in [1.29, 1.82) is 0 Å². The molecule has 1 aromatic heterocycles. The SMILES string of the molecule is C=C(C)c1ccc(-c2ccc(C(CC)NC)cc2)s1. The van der Waals surface area contributed by atoms with Crippen LogP contribution in [-0.4, -0.2) is 7.05 Å². The maximum atomic E-state index is 3.99. The first kappa shape index (κ1) is 14.0. The molecule has 1 aromatic carbocycles. The van der Waals surface area contributed by atoms with Gasteiger partial charge in [-0.05, 0) is 49.2 Å². The molecule has 0 spiro atoms. The monoisotopic (exact) mass is 271 g/mol. The smallest absolute Gasteiger partial charge is 0.0349 e. The second-order valence-electron chi connectivity index (χ2n) is 4.82. The van der Waals surface area contributed by atoms with Gasteiger partial charge >= 0.3 is 0 Å². The van der Waals surface area contributed by atoms with Crippen LogP contribution in [0.15, 0.2) is 43.0 Å². The molecule has 1 unspecified atom stereocenters. The number of nitrogens with one attached hydrogen (secondary N) is 1. The fraction of sp³-hybridized carbons (Fsp3) is 0.294. The van der Waals surface area contributed by atoms with Crippen LogP contribution < -0.4 is 5.32 Å². The molecule has 0 aliphatic carbocycles. The van der Waals surface area contributed by atoms with E-state index in [1.165, 1.54) is 20.9 Å². The minimum Gasteiger partial charge on any atom is -0.313 e. The van der Waals surface area contributed by atoms with E-state index in [4.69, 9.17) is 0 Å². The Morgan fingerprint density at radius 2 is 1.89 bits per heavy atom. The number of hydrogen-bond donors (Lipinski definition) is 1. The van der Waals surface area contributed by atoms with Crippen LogP contribution >= 0.6 is 11.3 Å². The van der Waals surface area contributed by atoms with E-state index in [2.05, 4.69) is 62.1 Å². The first-order valence-electron chi connectivity index (χ1n) is 6.69. The van der Waals surface area contributed by atoms with Crippen molar-refractivity contribution in [2.75, 3.05) is 7.05 Å². The molecule has 0 fully saturated rings. The van der Waals surface area contributed by atoms with Crippen molar-refractivity contribution in [2.45, 2.75) is 26.3 Å². The average molecular weight is 271 g/mol. The predicted molar refractivity (Wildman–Crippen MR) is 86.6 cm³/mol. The molecular formula is C17H21NS. The van der Waals surface area contributed by atoms with E-state index in [1.807, 2.05) is 7.05 Å². The molecule has 0 radical (unpaired) electrons. The molecule has 0 saturated carbocycles. The molecule has 0 aliphatic rings. The maximum Gasteiger partial charge on any atom is 0.0349 e. The molecule has 1 nitrogen and oxygen atoms in total. The van der Waals surface area contributed by atoms with Crippen molar-refractivity contribution in [3.8, 4) is 10.4 Å². The zero-order valence-electron chi connectivity index (χ0n) is 11.9. The van der Waals surface area contributed by atoms with Gasteiger partial charge in [0.1, 0.15) is 0 Å². The van der Waals surface area contributed by atoms with Crippen molar-refractivity contribution in [1.82, 2.24) is 5.32 Å². The van der Waals surface area contributed by atoms with Crippen LogP contribution in [-0.2, 0) is 0 Å². The molecule has 2 rings (SSSR count). The van der Waals surface area contributed by atoms with E-state index in [9.17, 15) is 0 Å². The molecule has 0 bridgehead atoms. The van der Waals surface area contributed by atoms with Gasteiger partial charge in [-0.25, -0.2) is 0 Å². The quantitative estimate of drug-likeness (QED) is 0.796. The molecule has 0 aliphatic heterocycles. The van der Waals surface area contributed by atoms with E-state index in [-0.39, 0.29) is 0 Å². The molecule has 19 heavy (non-hydrogen) atoms. The lowest BCUT2D eigenvalue weighted by Gasteiger charge is -2.14. The Bertz CT molecular complexity index is 547. The van der Waals surface area contributed by atoms with Crippen LogP contribution in [0.4, 0.5) is 0 Å².